The van der Waals surface area contributed by atoms with Gasteiger partial charge in [0.15, 0.2) is 5.65 Å². The van der Waals surface area contributed by atoms with Gasteiger partial charge in [-0.05, 0) is 68.0 Å². The summed E-state index contributed by atoms with van der Waals surface area (Å²) in [5.74, 6) is 2.27. The second kappa shape index (κ2) is 10.2. The standard InChI is InChI=1S/C29H29N7O2/c30-16-21(15-19-8-9-19)29(37)35-14-4-5-22(17-35)36-28-25(27(31)32-18-33-28)26(34-36)20-10-12-24(13-11-20)38-23-6-2-1-3-7-23/h1-3,6-7,10-13,15,18-19,22,29,37H,4-5,8-9,14,17H2,(H2,31,32,33)/b21-15+. The molecule has 9 heteroatoms. The van der Waals surface area contributed by atoms with Gasteiger partial charge in [0.25, 0.3) is 0 Å². The summed E-state index contributed by atoms with van der Waals surface area (Å²) in [7, 11) is 0. The molecule has 192 valence electrons. The van der Waals surface area contributed by atoms with Gasteiger partial charge in [0.1, 0.15) is 35.6 Å². The fraction of sp³-hybridized carbons (Fsp3) is 0.310. The summed E-state index contributed by atoms with van der Waals surface area (Å²) in [4.78, 5) is 10.7. The number of para-hydroxylation sites is 1. The van der Waals surface area contributed by atoms with Crippen molar-refractivity contribution in [3.8, 4) is 28.8 Å². The summed E-state index contributed by atoms with van der Waals surface area (Å²) in [5, 5.41) is 26.3. The average molecular weight is 508 g/mol. The lowest BCUT2D eigenvalue weighted by atomic mass is 10.0. The second-order valence-corrected chi connectivity index (χ2v) is 9.93. The van der Waals surface area contributed by atoms with Gasteiger partial charge in [0.05, 0.1) is 23.1 Å². The predicted molar refractivity (Wildman–Crippen MR) is 144 cm³/mol. The Morgan fingerprint density at radius 3 is 2.58 bits per heavy atom. The molecule has 3 heterocycles. The number of aromatic nitrogens is 4. The number of nitrogens with two attached hydrogens (primary N) is 1. The van der Waals surface area contributed by atoms with Crippen LogP contribution in [0.5, 0.6) is 11.5 Å². The molecule has 4 aromatic rings. The van der Waals surface area contributed by atoms with Crippen molar-refractivity contribution in [1.29, 1.82) is 5.26 Å². The Kier molecular flexibility index (Phi) is 6.50. The Morgan fingerprint density at radius 2 is 1.84 bits per heavy atom. The van der Waals surface area contributed by atoms with Gasteiger partial charge in [-0.1, -0.05) is 24.3 Å². The summed E-state index contributed by atoms with van der Waals surface area (Å²) in [6, 6.07) is 19.5. The van der Waals surface area contributed by atoms with E-state index >= 15 is 0 Å². The molecule has 1 saturated carbocycles. The number of ether oxygens (including phenoxy) is 1. The summed E-state index contributed by atoms with van der Waals surface area (Å²) in [5.41, 5.74) is 9.00. The number of aliphatic hydroxyl groups excluding tert-OH is 1. The zero-order chi connectivity index (χ0) is 26.1. The molecule has 1 aliphatic carbocycles. The van der Waals surface area contributed by atoms with Gasteiger partial charge in [0.2, 0.25) is 0 Å². The van der Waals surface area contributed by atoms with E-state index in [4.69, 9.17) is 15.6 Å². The second-order valence-electron chi connectivity index (χ2n) is 9.93. The Morgan fingerprint density at radius 1 is 1.08 bits per heavy atom. The fourth-order valence-corrected chi connectivity index (χ4v) is 5.06. The van der Waals surface area contributed by atoms with Crippen molar-refractivity contribution in [1.82, 2.24) is 24.6 Å². The largest absolute Gasteiger partial charge is 0.457 e. The minimum Gasteiger partial charge on any atom is -0.457 e. The molecule has 2 atom stereocenters. The van der Waals surface area contributed by atoms with Crippen molar-refractivity contribution in [2.75, 3.05) is 18.8 Å². The third-order valence-electron chi connectivity index (χ3n) is 7.19. The molecule has 9 nitrogen and oxygen atoms in total. The molecular weight excluding hydrogens is 478 g/mol. The van der Waals surface area contributed by atoms with Gasteiger partial charge < -0.3 is 15.6 Å². The van der Waals surface area contributed by atoms with Crippen molar-refractivity contribution in [3.05, 3.63) is 72.6 Å². The van der Waals surface area contributed by atoms with Crippen LogP contribution < -0.4 is 10.5 Å². The number of allylic oxidation sites excluding steroid dienone is 1. The molecule has 3 N–H and O–H groups in total. The number of likely N-dealkylation sites (tertiary alicyclic amines) is 1. The van der Waals surface area contributed by atoms with Crippen molar-refractivity contribution in [2.24, 2.45) is 5.92 Å². The fourth-order valence-electron chi connectivity index (χ4n) is 5.06. The monoisotopic (exact) mass is 507 g/mol. The van der Waals surface area contributed by atoms with E-state index in [1.165, 1.54) is 6.33 Å². The minimum absolute atomic E-state index is 0.0366. The van der Waals surface area contributed by atoms with Crippen molar-refractivity contribution in [3.63, 3.8) is 0 Å². The molecule has 2 aromatic carbocycles. The Labute approximate surface area is 220 Å². The first-order chi connectivity index (χ1) is 18.6. The molecule has 0 amide bonds. The molecular formula is C29H29N7O2. The third-order valence-corrected chi connectivity index (χ3v) is 7.19. The van der Waals surface area contributed by atoms with E-state index in [1.807, 2.05) is 70.3 Å². The van der Waals surface area contributed by atoms with Gasteiger partial charge in [-0.15, -0.1) is 0 Å². The van der Waals surface area contributed by atoms with Crippen LogP contribution in [0.25, 0.3) is 22.3 Å². The van der Waals surface area contributed by atoms with Gasteiger partial charge >= 0.3 is 0 Å². The first-order valence-corrected chi connectivity index (χ1v) is 13.0. The minimum atomic E-state index is -0.915. The molecule has 0 radical (unpaired) electrons. The zero-order valence-corrected chi connectivity index (χ0v) is 20.9. The lowest BCUT2D eigenvalue weighted by molar-refractivity contribution is 0.00716. The highest BCUT2D eigenvalue weighted by molar-refractivity contribution is 5.98. The van der Waals surface area contributed by atoms with Crippen LogP contribution in [0, 0.1) is 17.2 Å². The highest BCUT2D eigenvalue weighted by atomic mass is 16.5. The molecule has 2 aliphatic rings. The molecule has 6 rings (SSSR count). The molecule has 2 aromatic heterocycles. The first-order valence-electron chi connectivity index (χ1n) is 13.0. The van der Waals surface area contributed by atoms with Crippen LogP contribution in [0.3, 0.4) is 0 Å². The summed E-state index contributed by atoms with van der Waals surface area (Å²) < 4.78 is 7.85. The predicted octanol–water partition coefficient (Wildman–Crippen LogP) is 4.68. The van der Waals surface area contributed by atoms with E-state index in [0.29, 0.717) is 47.1 Å². The van der Waals surface area contributed by atoms with Crippen LogP contribution in [0.1, 0.15) is 31.7 Å². The number of piperidine rings is 1. The number of fused-ring (bicyclic) bond motifs is 1. The number of aliphatic hydroxyl groups is 1. The quantitative estimate of drug-likeness (QED) is 0.345. The maximum absolute atomic E-state index is 11.0. The number of hydrogen-bond acceptors (Lipinski definition) is 8. The van der Waals surface area contributed by atoms with Gasteiger partial charge in [-0.3, -0.25) is 4.90 Å². The first kappa shape index (κ1) is 24.1. The molecule has 38 heavy (non-hydrogen) atoms. The molecule has 2 unspecified atom stereocenters. The van der Waals surface area contributed by atoms with E-state index < -0.39 is 6.23 Å². The average Bonchev–Trinajstić information content (AvgIpc) is 3.69. The van der Waals surface area contributed by atoms with E-state index in [-0.39, 0.29) is 6.04 Å². The van der Waals surface area contributed by atoms with Crippen molar-refractivity contribution < 1.29 is 9.84 Å². The molecule has 1 saturated heterocycles. The third kappa shape index (κ3) is 4.84. The van der Waals surface area contributed by atoms with Crippen LogP contribution in [-0.2, 0) is 0 Å². The molecule has 0 bridgehead atoms. The Hall–Kier alpha value is -4.26. The number of rotatable bonds is 7. The van der Waals surface area contributed by atoms with Gasteiger partial charge in [0, 0.05) is 18.7 Å². The number of nitrogen functional groups attached to an aromatic ring is 1. The van der Waals surface area contributed by atoms with E-state index in [9.17, 15) is 10.4 Å². The summed E-state index contributed by atoms with van der Waals surface area (Å²) in [6.07, 6.45) is 6.38. The van der Waals surface area contributed by atoms with Crippen LogP contribution >= 0.6 is 0 Å². The van der Waals surface area contributed by atoms with Gasteiger partial charge in [-0.2, -0.15) is 10.4 Å². The van der Waals surface area contributed by atoms with E-state index in [1.54, 1.807) is 0 Å². The van der Waals surface area contributed by atoms with E-state index in [0.717, 1.165) is 42.7 Å². The van der Waals surface area contributed by atoms with Crippen LogP contribution in [0.15, 0.2) is 72.6 Å². The lowest BCUT2D eigenvalue weighted by Gasteiger charge is -2.35. The number of hydrogen-bond donors (Lipinski definition) is 2. The topological polar surface area (TPSA) is 126 Å². The molecule has 1 aliphatic heterocycles. The van der Waals surface area contributed by atoms with Crippen molar-refractivity contribution in [2.45, 2.75) is 38.0 Å². The Bertz CT molecular complexity index is 1500. The number of benzene rings is 2. The number of nitrogens with zero attached hydrogens (tertiary/aromatic N) is 6. The van der Waals surface area contributed by atoms with Crippen LogP contribution in [0.2, 0.25) is 0 Å². The highest BCUT2D eigenvalue weighted by Crippen LogP contribution is 2.36. The number of anilines is 1. The Balaban J connectivity index is 1.30. The molecule has 0 spiro atoms. The van der Waals surface area contributed by atoms with Crippen LogP contribution in [-0.4, -0.2) is 49.1 Å². The zero-order valence-electron chi connectivity index (χ0n) is 20.9. The highest BCUT2D eigenvalue weighted by Gasteiger charge is 2.31. The maximum atomic E-state index is 11.0. The van der Waals surface area contributed by atoms with Gasteiger partial charge in [-0.25, -0.2) is 14.6 Å². The molecule has 2 fully saturated rings. The summed E-state index contributed by atoms with van der Waals surface area (Å²) in [6.45, 7) is 1.27. The smallest absolute Gasteiger partial charge is 0.164 e. The SMILES string of the molecule is N#C/C(=C\C1CC1)C(O)N1CCCC(n2nc(-c3ccc(Oc4ccccc4)cc3)c3c(N)ncnc32)C1. The number of nitriles is 1. The lowest BCUT2D eigenvalue weighted by Crippen LogP contribution is -2.44. The van der Waals surface area contributed by atoms with Crippen LogP contribution in [0.4, 0.5) is 5.82 Å². The maximum Gasteiger partial charge on any atom is 0.164 e. The van der Waals surface area contributed by atoms with E-state index in [2.05, 4.69) is 16.0 Å². The van der Waals surface area contributed by atoms with Crippen molar-refractivity contribution >= 4 is 16.9 Å². The summed E-state index contributed by atoms with van der Waals surface area (Å²) >= 11 is 0. The normalized spacial score (nSPS) is 19.3.